The van der Waals surface area contributed by atoms with Crippen molar-refractivity contribution >= 4 is 5.91 Å². The maximum atomic E-state index is 12.0. The summed E-state index contributed by atoms with van der Waals surface area (Å²) in [6.45, 7) is 2.26. The van der Waals surface area contributed by atoms with Gasteiger partial charge in [-0.05, 0) is 6.92 Å². The third kappa shape index (κ3) is 3.27. The van der Waals surface area contributed by atoms with Gasteiger partial charge in [-0.1, -0.05) is 12.2 Å². The Morgan fingerprint density at radius 3 is 3.05 bits per heavy atom. The van der Waals surface area contributed by atoms with Gasteiger partial charge >= 0.3 is 11.8 Å². The van der Waals surface area contributed by atoms with E-state index in [1.54, 1.807) is 19.4 Å². The fraction of sp³-hybridized carbons (Fsp3) is 0.333. The quantitative estimate of drug-likeness (QED) is 0.816. The number of amides is 1. The van der Waals surface area contributed by atoms with Crippen LogP contribution in [0.4, 0.5) is 0 Å². The van der Waals surface area contributed by atoms with Gasteiger partial charge in [0.25, 0.3) is 0 Å². The Bertz CT molecular complexity index is 558. The number of rotatable bonds is 5. The predicted octanol–water partition coefficient (Wildman–Crippen LogP) is 1.18. The molecule has 0 unspecified atom stereocenters. The number of carbonyl (C=O) groups excluding carboxylic acids is 1. The molecule has 100 valence electrons. The van der Waals surface area contributed by atoms with Gasteiger partial charge in [-0.15, -0.1) is 10.2 Å². The number of H-pyrrole nitrogens is 1. The standard InChI is InChI=1S/C12H15N5O2/c1-3-4-5-10-15-16-11(19-10)12(18)17(2)8-9-13-6-7-14-9/h3-4,6-7H,5,8H2,1-2H3,(H,13,14)/b4-3+. The van der Waals surface area contributed by atoms with Crippen LogP contribution in [0.5, 0.6) is 0 Å². The third-order valence-corrected chi connectivity index (χ3v) is 2.47. The second-order valence-corrected chi connectivity index (χ2v) is 3.97. The van der Waals surface area contributed by atoms with Crippen molar-refractivity contribution in [3.8, 4) is 0 Å². The van der Waals surface area contributed by atoms with E-state index >= 15 is 0 Å². The monoisotopic (exact) mass is 261 g/mol. The fourth-order valence-corrected chi connectivity index (χ4v) is 1.49. The fourth-order valence-electron chi connectivity index (χ4n) is 1.49. The molecule has 0 aliphatic heterocycles. The minimum atomic E-state index is -0.323. The maximum absolute atomic E-state index is 12.0. The van der Waals surface area contributed by atoms with Crippen LogP contribution < -0.4 is 0 Å². The number of aromatic nitrogens is 4. The summed E-state index contributed by atoms with van der Waals surface area (Å²) >= 11 is 0. The van der Waals surface area contributed by atoms with E-state index in [1.807, 2.05) is 19.1 Å². The van der Waals surface area contributed by atoms with Crippen LogP contribution >= 0.6 is 0 Å². The van der Waals surface area contributed by atoms with Crippen molar-refractivity contribution in [3.63, 3.8) is 0 Å². The largest absolute Gasteiger partial charge is 0.417 e. The number of hydrogen-bond donors (Lipinski definition) is 1. The molecule has 0 radical (unpaired) electrons. The smallest absolute Gasteiger partial charge is 0.311 e. The number of nitrogens with one attached hydrogen (secondary N) is 1. The van der Waals surface area contributed by atoms with E-state index in [9.17, 15) is 4.79 Å². The molecule has 0 spiro atoms. The normalized spacial score (nSPS) is 11.1. The van der Waals surface area contributed by atoms with Crippen LogP contribution in [0.15, 0.2) is 29.0 Å². The molecule has 0 atom stereocenters. The zero-order valence-electron chi connectivity index (χ0n) is 10.8. The first-order valence-corrected chi connectivity index (χ1v) is 5.88. The van der Waals surface area contributed by atoms with Gasteiger partial charge in [-0.3, -0.25) is 4.79 Å². The lowest BCUT2D eigenvalue weighted by atomic mass is 10.4. The molecule has 7 nitrogen and oxygen atoms in total. The molecule has 0 aromatic carbocycles. The van der Waals surface area contributed by atoms with Crippen LogP contribution in [0.1, 0.15) is 29.3 Å². The van der Waals surface area contributed by atoms with Crippen LogP contribution in [-0.2, 0) is 13.0 Å². The summed E-state index contributed by atoms with van der Waals surface area (Å²) in [6.07, 6.45) is 7.63. The molecule has 0 aliphatic rings. The molecule has 2 rings (SSSR count). The molecule has 19 heavy (non-hydrogen) atoms. The molecule has 2 heterocycles. The van der Waals surface area contributed by atoms with Crippen molar-refractivity contribution in [2.24, 2.45) is 0 Å². The molecule has 0 aliphatic carbocycles. The summed E-state index contributed by atoms with van der Waals surface area (Å²) in [5.41, 5.74) is 0. The Kier molecular flexibility index (Phi) is 4.07. The first-order chi connectivity index (χ1) is 9.20. The number of nitrogens with zero attached hydrogens (tertiary/aromatic N) is 4. The molecule has 7 heteroatoms. The van der Waals surface area contributed by atoms with Crippen molar-refractivity contribution in [1.82, 2.24) is 25.1 Å². The van der Waals surface area contributed by atoms with E-state index in [2.05, 4.69) is 20.2 Å². The van der Waals surface area contributed by atoms with E-state index in [1.165, 1.54) is 4.90 Å². The first kappa shape index (κ1) is 13.0. The second kappa shape index (κ2) is 5.94. The predicted molar refractivity (Wildman–Crippen MR) is 67.2 cm³/mol. The zero-order chi connectivity index (χ0) is 13.7. The van der Waals surface area contributed by atoms with E-state index in [4.69, 9.17) is 4.42 Å². The zero-order valence-corrected chi connectivity index (χ0v) is 10.8. The summed E-state index contributed by atoms with van der Waals surface area (Å²) in [5.74, 6) is 0.793. The average Bonchev–Trinajstić information content (AvgIpc) is 3.06. The third-order valence-electron chi connectivity index (χ3n) is 2.47. The highest BCUT2D eigenvalue weighted by molar-refractivity contribution is 5.89. The minimum absolute atomic E-state index is 0.00596. The molecule has 0 saturated heterocycles. The van der Waals surface area contributed by atoms with Crippen molar-refractivity contribution < 1.29 is 9.21 Å². The molecule has 2 aromatic heterocycles. The summed E-state index contributed by atoms with van der Waals surface area (Å²) in [6, 6.07) is 0. The molecule has 0 bridgehead atoms. The number of carbonyl (C=O) groups is 1. The maximum Gasteiger partial charge on any atom is 0.311 e. The van der Waals surface area contributed by atoms with Gasteiger partial charge in [0.2, 0.25) is 5.89 Å². The summed E-state index contributed by atoms with van der Waals surface area (Å²) in [4.78, 5) is 20.5. The van der Waals surface area contributed by atoms with E-state index in [-0.39, 0.29) is 11.8 Å². The van der Waals surface area contributed by atoms with Gasteiger partial charge in [0, 0.05) is 25.9 Å². The number of aromatic amines is 1. The Hall–Kier alpha value is -2.44. The molecule has 0 saturated carbocycles. The molecular formula is C12H15N5O2. The Labute approximate surface area is 110 Å². The molecule has 1 amide bonds. The lowest BCUT2D eigenvalue weighted by molar-refractivity contribution is 0.0740. The van der Waals surface area contributed by atoms with Crippen molar-refractivity contribution in [1.29, 1.82) is 0 Å². The molecule has 1 N–H and O–H groups in total. The van der Waals surface area contributed by atoms with Crippen molar-refractivity contribution in [2.75, 3.05) is 7.05 Å². The van der Waals surface area contributed by atoms with Crippen LogP contribution in [0, 0.1) is 0 Å². The average molecular weight is 261 g/mol. The first-order valence-electron chi connectivity index (χ1n) is 5.88. The van der Waals surface area contributed by atoms with E-state index in [0.29, 0.717) is 24.7 Å². The SMILES string of the molecule is C/C=C/Cc1nnc(C(=O)N(C)Cc2ncc[nH]2)o1. The van der Waals surface area contributed by atoms with Gasteiger partial charge in [0.1, 0.15) is 5.82 Å². The van der Waals surface area contributed by atoms with Gasteiger partial charge < -0.3 is 14.3 Å². The molecule has 2 aromatic rings. The number of imidazole rings is 1. The highest BCUT2D eigenvalue weighted by atomic mass is 16.4. The number of allylic oxidation sites excluding steroid dienone is 2. The lowest BCUT2D eigenvalue weighted by Crippen LogP contribution is -2.27. The van der Waals surface area contributed by atoms with Crippen molar-refractivity contribution in [3.05, 3.63) is 42.2 Å². The van der Waals surface area contributed by atoms with Crippen LogP contribution in [0.3, 0.4) is 0 Å². The van der Waals surface area contributed by atoms with Crippen LogP contribution in [0.2, 0.25) is 0 Å². The van der Waals surface area contributed by atoms with E-state index < -0.39 is 0 Å². The number of hydrogen-bond acceptors (Lipinski definition) is 5. The van der Waals surface area contributed by atoms with Gasteiger partial charge in [0.15, 0.2) is 0 Å². The minimum Gasteiger partial charge on any atom is -0.417 e. The highest BCUT2D eigenvalue weighted by Gasteiger charge is 2.19. The lowest BCUT2D eigenvalue weighted by Gasteiger charge is -2.12. The van der Waals surface area contributed by atoms with E-state index in [0.717, 1.165) is 0 Å². The van der Waals surface area contributed by atoms with Crippen molar-refractivity contribution in [2.45, 2.75) is 19.9 Å². The second-order valence-electron chi connectivity index (χ2n) is 3.97. The summed E-state index contributed by atoms with van der Waals surface area (Å²) < 4.78 is 5.29. The molecule has 0 fully saturated rings. The van der Waals surface area contributed by atoms with Crippen LogP contribution in [-0.4, -0.2) is 38.0 Å². The summed E-state index contributed by atoms with van der Waals surface area (Å²) in [5, 5.41) is 7.56. The summed E-state index contributed by atoms with van der Waals surface area (Å²) in [7, 11) is 1.65. The topological polar surface area (TPSA) is 87.9 Å². The van der Waals surface area contributed by atoms with Gasteiger partial charge in [-0.2, -0.15) is 0 Å². The highest BCUT2D eigenvalue weighted by Crippen LogP contribution is 2.06. The Morgan fingerprint density at radius 2 is 2.37 bits per heavy atom. The Morgan fingerprint density at radius 1 is 1.53 bits per heavy atom. The van der Waals surface area contributed by atoms with Crippen LogP contribution in [0.25, 0.3) is 0 Å². The molecular weight excluding hydrogens is 246 g/mol. The Balaban J connectivity index is 2.00. The van der Waals surface area contributed by atoms with Gasteiger partial charge in [-0.25, -0.2) is 4.98 Å². The van der Waals surface area contributed by atoms with Gasteiger partial charge in [0.05, 0.1) is 6.54 Å².